The summed E-state index contributed by atoms with van der Waals surface area (Å²) in [5.74, 6) is -0.486. The van der Waals surface area contributed by atoms with E-state index in [-0.39, 0.29) is 43.9 Å². The van der Waals surface area contributed by atoms with Gasteiger partial charge in [0.25, 0.3) is 0 Å². The summed E-state index contributed by atoms with van der Waals surface area (Å²) in [5.41, 5.74) is 3.73. The molecule has 12 aliphatic rings. The first-order chi connectivity index (χ1) is 45.4. The largest absolute Gasteiger partial charge is 0.457 e. The number of unbranched alkanes of at least 4 members (excludes halogenated alkanes) is 8. The van der Waals surface area contributed by atoms with Crippen LogP contribution < -0.4 is 9.47 Å². The van der Waals surface area contributed by atoms with Crippen molar-refractivity contribution in [3.05, 3.63) is 116 Å². The zero-order chi connectivity index (χ0) is 66.2. The van der Waals surface area contributed by atoms with Crippen LogP contribution in [0, 0.1) is 112 Å². The normalized spacial score (nSPS) is 29.4. The Morgan fingerprint density at radius 2 is 0.468 bits per heavy atom. The minimum atomic E-state index is -0.505. The fourth-order valence-electron chi connectivity index (χ4n) is 20.4. The van der Waals surface area contributed by atoms with E-state index in [0.717, 1.165) is 77.0 Å². The van der Waals surface area contributed by atoms with E-state index >= 15 is 17.6 Å². The summed E-state index contributed by atoms with van der Waals surface area (Å²) in [7, 11) is 0. The molecular formula is C84H108F4N4O2. The minimum absolute atomic E-state index is 0.00311. The average Bonchev–Trinajstić information content (AvgIpc) is 0.771. The Morgan fingerprint density at radius 1 is 0.277 bits per heavy atom. The van der Waals surface area contributed by atoms with E-state index in [4.69, 9.17) is 9.47 Å². The Bertz CT molecular complexity index is 3190. The summed E-state index contributed by atoms with van der Waals surface area (Å²) in [4.78, 5) is 0. The van der Waals surface area contributed by atoms with Crippen LogP contribution in [0.15, 0.2) is 48.5 Å². The van der Waals surface area contributed by atoms with Gasteiger partial charge < -0.3 is 9.47 Å². The monoisotopic (exact) mass is 1280 g/mol. The lowest BCUT2D eigenvalue weighted by Crippen LogP contribution is -2.43. The van der Waals surface area contributed by atoms with Gasteiger partial charge >= 0.3 is 0 Å². The van der Waals surface area contributed by atoms with Gasteiger partial charge in [-0.05, 0) is 297 Å². The molecular weight excluding hydrogens is 1170 g/mol. The number of hydrogen-bond donors (Lipinski definition) is 0. The van der Waals surface area contributed by atoms with Crippen LogP contribution in [0.4, 0.5) is 17.6 Å². The predicted molar refractivity (Wildman–Crippen MR) is 366 cm³/mol. The van der Waals surface area contributed by atoms with Crippen molar-refractivity contribution in [2.24, 2.45) is 43.3 Å². The third kappa shape index (κ3) is 14.7. The van der Waals surface area contributed by atoms with Crippen molar-refractivity contribution in [2.75, 3.05) is 0 Å². The van der Waals surface area contributed by atoms with Gasteiger partial charge in [0.15, 0.2) is 0 Å². The van der Waals surface area contributed by atoms with E-state index in [1.165, 1.54) is 204 Å². The number of rotatable bonds is 28. The van der Waals surface area contributed by atoms with Crippen molar-refractivity contribution >= 4 is 0 Å². The van der Waals surface area contributed by atoms with Gasteiger partial charge in [-0.1, -0.05) is 105 Å². The zero-order valence-electron chi connectivity index (χ0n) is 57.8. The summed E-state index contributed by atoms with van der Waals surface area (Å²) in [5, 5.41) is 39.0. The summed E-state index contributed by atoms with van der Waals surface area (Å²) >= 11 is 0. The van der Waals surface area contributed by atoms with Gasteiger partial charge in [0, 0.05) is 22.3 Å². The molecule has 12 fully saturated rings. The number of nitriles is 4. The van der Waals surface area contributed by atoms with Gasteiger partial charge in [0.2, 0.25) is 0 Å². The zero-order valence-corrected chi connectivity index (χ0v) is 57.8. The third-order valence-corrected chi connectivity index (χ3v) is 27.4. The second kappa shape index (κ2) is 29.5. The maximum Gasteiger partial charge on any atom is 0.147 e. The number of nitrogens with zero attached hydrogens (tertiary/aromatic N) is 4. The molecule has 0 atom stereocenters. The highest BCUT2D eigenvalue weighted by Crippen LogP contribution is 2.65. The fraction of sp³-hybridized carbons (Fsp3) is 0.667. The number of ether oxygens (including phenoxy) is 2. The first kappa shape index (κ1) is 69.5. The molecule has 0 heterocycles. The molecule has 0 aliphatic heterocycles. The molecule has 0 unspecified atom stereocenters. The number of fused-ring (bicyclic) bond motifs is 12. The molecule has 0 N–H and O–H groups in total. The van der Waals surface area contributed by atoms with E-state index in [1.54, 1.807) is 24.3 Å². The van der Waals surface area contributed by atoms with Gasteiger partial charge in [0.1, 0.15) is 70.5 Å². The lowest BCUT2D eigenvalue weighted by molar-refractivity contribution is -0.0164. The highest BCUT2D eigenvalue weighted by molar-refractivity contribution is 5.52. The lowest BCUT2D eigenvalue weighted by atomic mass is 9.51. The van der Waals surface area contributed by atoms with Crippen LogP contribution >= 0.6 is 0 Å². The Labute approximate surface area is 562 Å². The van der Waals surface area contributed by atoms with Crippen LogP contribution in [0.3, 0.4) is 0 Å². The Balaban J connectivity index is 0.000000192. The highest BCUT2D eigenvalue weighted by atomic mass is 19.1. The summed E-state index contributed by atoms with van der Waals surface area (Å²) in [6.45, 7) is 9.03. The van der Waals surface area contributed by atoms with E-state index < -0.39 is 23.3 Å². The summed E-state index contributed by atoms with van der Waals surface area (Å²) in [6, 6.07) is 20.9. The topological polar surface area (TPSA) is 114 Å². The molecule has 6 nitrogen and oxygen atoms in total. The van der Waals surface area contributed by atoms with E-state index in [9.17, 15) is 21.0 Å². The Morgan fingerprint density at radius 3 is 0.660 bits per heavy atom. The van der Waals surface area contributed by atoms with Crippen molar-refractivity contribution in [1.29, 1.82) is 21.0 Å². The summed E-state index contributed by atoms with van der Waals surface area (Å²) in [6.07, 6.45) is 49.9. The molecule has 94 heavy (non-hydrogen) atoms. The standard InChI is InChI=1S/C44H58F2N2O.C40H50F2N2O/c1-3-5-7-9-15-41-17-23-43(24-18-41,25-19-41)29-35-37(13-11-33(31-47)39(35)45)49-38-14-12-34(32-48)40(46)36(38)30-44-26-20-42(21-27-44,22-28-44)16-10-8-6-4-2;1-3-5-11-37-13-19-39(20-14-37,21-15-37)25-31-33(9-7-29(27-43)35(31)41)45-34-10-8-30(28-44)36(42)32(34)26-40-22-16-38(17-23-40,18-24-40)12-6-4-2/h11-14H,3-10,15-30H2,1-2H3;7-10H,3-6,11-26H2,1-2H3. The van der Waals surface area contributed by atoms with E-state index in [0.29, 0.717) is 92.6 Å². The van der Waals surface area contributed by atoms with Crippen molar-refractivity contribution in [2.45, 2.75) is 310 Å². The molecule has 0 aromatic heterocycles. The van der Waals surface area contributed by atoms with Crippen molar-refractivity contribution in [3.63, 3.8) is 0 Å². The van der Waals surface area contributed by atoms with Crippen LogP contribution in [0.25, 0.3) is 0 Å². The molecule has 12 aliphatic carbocycles. The van der Waals surface area contributed by atoms with Crippen molar-refractivity contribution in [3.8, 4) is 47.3 Å². The second-order valence-electron chi connectivity index (χ2n) is 32.8. The maximum absolute atomic E-state index is 16.2. The van der Waals surface area contributed by atoms with Crippen LogP contribution in [0.1, 0.15) is 329 Å². The van der Waals surface area contributed by atoms with Gasteiger partial charge in [-0.2, -0.15) is 21.0 Å². The summed E-state index contributed by atoms with van der Waals surface area (Å²) < 4.78 is 77.5. The molecule has 4 aromatic rings. The molecule has 12 saturated carbocycles. The van der Waals surface area contributed by atoms with Gasteiger partial charge in [-0.25, -0.2) is 17.6 Å². The van der Waals surface area contributed by atoms with Crippen LogP contribution in [0.2, 0.25) is 0 Å². The van der Waals surface area contributed by atoms with Gasteiger partial charge in [-0.15, -0.1) is 0 Å². The Kier molecular flexibility index (Phi) is 21.8. The molecule has 0 spiro atoms. The second-order valence-corrected chi connectivity index (χ2v) is 32.8. The van der Waals surface area contributed by atoms with Crippen LogP contribution in [0.5, 0.6) is 23.0 Å². The fourth-order valence-corrected chi connectivity index (χ4v) is 20.4. The number of benzene rings is 4. The molecule has 16 rings (SSSR count). The number of halogens is 4. The third-order valence-electron chi connectivity index (χ3n) is 27.4. The molecule has 0 radical (unpaired) electrons. The first-order valence-electron chi connectivity index (χ1n) is 37.7. The Hall–Kier alpha value is -5.84. The average molecular weight is 1280 g/mol. The quantitative estimate of drug-likeness (QED) is 0.0413. The first-order valence-corrected chi connectivity index (χ1v) is 37.7. The van der Waals surface area contributed by atoms with Gasteiger partial charge in [-0.3, -0.25) is 0 Å². The SMILES string of the molecule is CCCCC12CCC(Cc3c(Oc4ccc(C#N)c(F)c4CC45CCC(CCCC)(CC4)CC5)ccc(C#N)c3F)(CC1)CC2.CCCCCCC12CCC(Cc3c(Oc4ccc(C#N)c(F)c4CC45CCC(CCCCCC)(CC4)CC5)ccc(C#N)c3F)(CC1)CC2. The molecule has 504 valence electrons. The minimum Gasteiger partial charge on any atom is -0.457 e. The molecule has 0 saturated heterocycles. The van der Waals surface area contributed by atoms with Crippen LogP contribution in [-0.2, 0) is 25.7 Å². The highest BCUT2D eigenvalue weighted by Gasteiger charge is 2.53. The maximum atomic E-state index is 16.2. The van der Waals surface area contributed by atoms with Crippen LogP contribution in [-0.4, -0.2) is 0 Å². The van der Waals surface area contributed by atoms with Crippen molar-refractivity contribution < 1.29 is 27.0 Å². The lowest BCUT2D eigenvalue weighted by Gasteiger charge is -2.54. The molecule has 10 heteroatoms. The van der Waals surface area contributed by atoms with Gasteiger partial charge in [0.05, 0.1) is 22.3 Å². The predicted octanol–water partition coefficient (Wildman–Crippen LogP) is 24.9. The number of hydrogen-bond acceptors (Lipinski definition) is 6. The van der Waals surface area contributed by atoms with Crippen molar-refractivity contribution in [1.82, 2.24) is 0 Å². The molecule has 8 bridgehead atoms. The smallest absolute Gasteiger partial charge is 0.147 e. The van der Waals surface area contributed by atoms with E-state index in [2.05, 4.69) is 27.7 Å². The molecule has 0 amide bonds. The molecule has 4 aromatic carbocycles. The van der Waals surface area contributed by atoms with E-state index in [1.807, 2.05) is 24.3 Å².